The van der Waals surface area contributed by atoms with Crippen LogP contribution in [-0.4, -0.2) is 29.7 Å². The highest BCUT2D eigenvalue weighted by molar-refractivity contribution is 5.94. The van der Waals surface area contributed by atoms with Gasteiger partial charge in [0.15, 0.2) is 0 Å². The Kier molecular flexibility index (Phi) is 5.56. The Hall–Kier alpha value is -1.39. The van der Waals surface area contributed by atoms with E-state index in [0.29, 0.717) is 5.92 Å². The van der Waals surface area contributed by atoms with Crippen LogP contribution in [0.5, 0.6) is 0 Å². The first-order valence-corrected chi connectivity index (χ1v) is 7.42. The molecule has 1 aromatic carbocycles. The molecule has 1 aliphatic rings. The molecule has 1 aromatic rings. The van der Waals surface area contributed by atoms with E-state index < -0.39 is 0 Å². The normalized spacial score (nSPS) is 24.1. The zero-order valence-corrected chi connectivity index (χ0v) is 12.0. The van der Waals surface area contributed by atoms with Gasteiger partial charge in [-0.3, -0.25) is 4.79 Å². The van der Waals surface area contributed by atoms with Gasteiger partial charge in [-0.05, 0) is 50.8 Å². The molecule has 0 radical (unpaired) electrons. The lowest BCUT2D eigenvalue weighted by atomic mass is 9.87. The van der Waals surface area contributed by atoms with E-state index in [1.165, 1.54) is 0 Å². The van der Waals surface area contributed by atoms with E-state index in [-0.39, 0.29) is 18.1 Å². The van der Waals surface area contributed by atoms with E-state index in [2.05, 4.69) is 10.6 Å². The SMILES string of the molecule is CC(NCC1CCCC(O)C1)C(=O)Nc1ccccc1. The summed E-state index contributed by atoms with van der Waals surface area (Å²) < 4.78 is 0. The van der Waals surface area contributed by atoms with E-state index in [1.54, 1.807) is 0 Å². The third-order valence-corrected chi connectivity index (χ3v) is 3.90. The van der Waals surface area contributed by atoms with Crippen LogP contribution in [-0.2, 0) is 4.79 Å². The van der Waals surface area contributed by atoms with Crippen LogP contribution < -0.4 is 10.6 Å². The smallest absolute Gasteiger partial charge is 0.241 e. The summed E-state index contributed by atoms with van der Waals surface area (Å²) in [5, 5.41) is 15.8. The van der Waals surface area contributed by atoms with Gasteiger partial charge in [0.25, 0.3) is 0 Å². The maximum Gasteiger partial charge on any atom is 0.241 e. The van der Waals surface area contributed by atoms with Gasteiger partial charge >= 0.3 is 0 Å². The van der Waals surface area contributed by atoms with Crippen LogP contribution in [0.1, 0.15) is 32.6 Å². The molecule has 1 amide bonds. The van der Waals surface area contributed by atoms with E-state index in [0.717, 1.165) is 37.9 Å². The molecule has 0 heterocycles. The number of para-hydroxylation sites is 1. The monoisotopic (exact) mass is 276 g/mol. The van der Waals surface area contributed by atoms with E-state index in [4.69, 9.17) is 0 Å². The summed E-state index contributed by atoms with van der Waals surface area (Å²) in [7, 11) is 0. The molecule has 0 bridgehead atoms. The van der Waals surface area contributed by atoms with Crippen LogP contribution in [0.4, 0.5) is 5.69 Å². The molecule has 4 heteroatoms. The fourth-order valence-corrected chi connectivity index (χ4v) is 2.66. The molecule has 4 nitrogen and oxygen atoms in total. The molecule has 3 unspecified atom stereocenters. The third kappa shape index (κ3) is 4.62. The van der Waals surface area contributed by atoms with Gasteiger partial charge in [0.05, 0.1) is 12.1 Å². The van der Waals surface area contributed by atoms with E-state index >= 15 is 0 Å². The zero-order valence-electron chi connectivity index (χ0n) is 12.0. The Morgan fingerprint density at radius 2 is 2.10 bits per heavy atom. The summed E-state index contributed by atoms with van der Waals surface area (Å²) >= 11 is 0. The minimum Gasteiger partial charge on any atom is -0.393 e. The largest absolute Gasteiger partial charge is 0.393 e. The summed E-state index contributed by atoms with van der Waals surface area (Å²) in [6.07, 6.45) is 3.82. The molecule has 2 rings (SSSR count). The van der Waals surface area contributed by atoms with Crippen molar-refractivity contribution in [2.45, 2.75) is 44.8 Å². The molecule has 0 spiro atoms. The van der Waals surface area contributed by atoms with Crippen molar-refractivity contribution in [3.05, 3.63) is 30.3 Å². The Bertz CT molecular complexity index is 422. The first-order valence-electron chi connectivity index (χ1n) is 7.42. The second-order valence-corrected chi connectivity index (χ2v) is 5.67. The molecular weight excluding hydrogens is 252 g/mol. The van der Waals surface area contributed by atoms with Gasteiger partial charge in [-0.1, -0.05) is 24.6 Å². The lowest BCUT2D eigenvalue weighted by Crippen LogP contribution is -2.41. The first kappa shape index (κ1) is 15.0. The van der Waals surface area contributed by atoms with Crippen molar-refractivity contribution in [2.24, 2.45) is 5.92 Å². The second kappa shape index (κ2) is 7.41. The maximum absolute atomic E-state index is 12.0. The molecule has 20 heavy (non-hydrogen) atoms. The third-order valence-electron chi connectivity index (χ3n) is 3.90. The molecule has 1 fully saturated rings. The number of amides is 1. The number of rotatable bonds is 5. The highest BCUT2D eigenvalue weighted by Crippen LogP contribution is 2.23. The van der Waals surface area contributed by atoms with Gasteiger partial charge < -0.3 is 15.7 Å². The minimum absolute atomic E-state index is 0.0208. The predicted molar refractivity (Wildman–Crippen MR) is 80.5 cm³/mol. The second-order valence-electron chi connectivity index (χ2n) is 5.67. The van der Waals surface area contributed by atoms with E-state index in [9.17, 15) is 9.90 Å². The summed E-state index contributed by atoms with van der Waals surface area (Å²) in [6.45, 7) is 2.66. The van der Waals surface area contributed by atoms with Gasteiger partial charge in [-0.2, -0.15) is 0 Å². The van der Waals surface area contributed by atoms with Crippen LogP contribution in [0, 0.1) is 5.92 Å². The van der Waals surface area contributed by atoms with Crippen LogP contribution in [0.25, 0.3) is 0 Å². The average molecular weight is 276 g/mol. The summed E-state index contributed by atoms with van der Waals surface area (Å²) in [6, 6.07) is 9.25. The molecule has 0 saturated heterocycles. The molecule has 3 atom stereocenters. The van der Waals surface area contributed by atoms with Gasteiger partial charge in [0.2, 0.25) is 5.91 Å². The van der Waals surface area contributed by atoms with Crippen molar-refractivity contribution in [1.29, 1.82) is 0 Å². The van der Waals surface area contributed by atoms with Crippen LogP contribution in [0.2, 0.25) is 0 Å². The van der Waals surface area contributed by atoms with Crippen molar-refractivity contribution < 1.29 is 9.90 Å². The molecular formula is C16H24N2O2. The molecule has 1 aliphatic carbocycles. The minimum atomic E-state index is -0.228. The fraction of sp³-hybridized carbons (Fsp3) is 0.562. The standard InChI is InChI=1S/C16H24N2O2/c1-12(16(20)18-14-7-3-2-4-8-14)17-11-13-6-5-9-15(19)10-13/h2-4,7-8,12-13,15,17,19H,5-6,9-11H2,1H3,(H,18,20). The number of aliphatic hydroxyl groups is 1. The fourth-order valence-electron chi connectivity index (χ4n) is 2.66. The number of carbonyl (C=O) groups excluding carboxylic acids is 1. The Morgan fingerprint density at radius 1 is 1.35 bits per heavy atom. The maximum atomic E-state index is 12.0. The van der Waals surface area contributed by atoms with Crippen LogP contribution in [0.15, 0.2) is 30.3 Å². The molecule has 3 N–H and O–H groups in total. The Balaban J connectivity index is 1.74. The number of nitrogens with one attached hydrogen (secondary N) is 2. The van der Waals surface area contributed by atoms with Crippen LogP contribution in [0.3, 0.4) is 0 Å². The van der Waals surface area contributed by atoms with Crippen molar-refractivity contribution in [3.63, 3.8) is 0 Å². The summed E-state index contributed by atoms with van der Waals surface area (Å²) in [4.78, 5) is 12.0. The quantitative estimate of drug-likeness (QED) is 0.772. The topological polar surface area (TPSA) is 61.4 Å². The molecule has 110 valence electrons. The zero-order chi connectivity index (χ0) is 14.4. The number of carbonyl (C=O) groups is 1. The van der Waals surface area contributed by atoms with Crippen molar-refractivity contribution in [2.75, 3.05) is 11.9 Å². The molecule has 0 aromatic heterocycles. The number of aliphatic hydroxyl groups excluding tert-OH is 1. The number of hydrogen-bond acceptors (Lipinski definition) is 3. The Labute approximate surface area is 120 Å². The van der Waals surface area contributed by atoms with Crippen LogP contribution >= 0.6 is 0 Å². The van der Waals surface area contributed by atoms with Crippen molar-refractivity contribution in [1.82, 2.24) is 5.32 Å². The van der Waals surface area contributed by atoms with Gasteiger partial charge in [0.1, 0.15) is 0 Å². The predicted octanol–water partition coefficient (Wildman–Crippen LogP) is 2.15. The summed E-state index contributed by atoms with van der Waals surface area (Å²) in [5.74, 6) is 0.457. The van der Waals surface area contributed by atoms with Gasteiger partial charge in [-0.25, -0.2) is 0 Å². The lowest BCUT2D eigenvalue weighted by molar-refractivity contribution is -0.117. The van der Waals surface area contributed by atoms with Gasteiger partial charge in [0, 0.05) is 5.69 Å². The van der Waals surface area contributed by atoms with Gasteiger partial charge in [-0.15, -0.1) is 0 Å². The Morgan fingerprint density at radius 3 is 2.80 bits per heavy atom. The summed E-state index contributed by atoms with van der Waals surface area (Å²) in [5.41, 5.74) is 0.819. The number of hydrogen-bond donors (Lipinski definition) is 3. The molecule has 1 saturated carbocycles. The number of anilines is 1. The van der Waals surface area contributed by atoms with E-state index in [1.807, 2.05) is 37.3 Å². The number of benzene rings is 1. The van der Waals surface area contributed by atoms with Crippen molar-refractivity contribution >= 4 is 11.6 Å². The lowest BCUT2D eigenvalue weighted by Gasteiger charge is -2.27. The molecule has 0 aliphatic heterocycles. The highest BCUT2D eigenvalue weighted by atomic mass is 16.3. The van der Waals surface area contributed by atoms with Crippen molar-refractivity contribution in [3.8, 4) is 0 Å². The first-order chi connectivity index (χ1) is 9.65. The highest BCUT2D eigenvalue weighted by Gasteiger charge is 2.21. The average Bonchev–Trinajstić information content (AvgIpc) is 2.46.